The van der Waals surface area contributed by atoms with E-state index in [0.717, 1.165) is 0 Å². The standard InChI is InChI=1S/C7H12BN/c1-3-8(2)9-6-4-5-7-9/h4-7H,3H2,1-2H3. The Labute approximate surface area is 56.8 Å². The van der Waals surface area contributed by atoms with Crippen molar-refractivity contribution in [2.24, 2.45) is 0 Å². The zero-order valence-corrected chi connectivity index (χ0v) is 6.04. The molecule has 1 rings (SSSR count). The third-order valence-corrected chi connectivity index (χ3v) is 1.73. The first-order chi connectivity index (χ1) is 4.34. The van der Waals surface area contributed by atoms with Gasteiger partial charge in [-0.3, -0.25) is 0 Å². The Morgan fingerprint density at radius 2 is 1.89 bits per heavy atom. The highest BCUT2D eigenvalue weighted by Gasteiger charge is 2.02. The Morgan fingerprint density at radius 3 is 2.33 bits per heavy atom. The fraction of sp³-hybridized carbons (Fsp3) is 0.429. The third kappa shape index (κ3) is 1.38. The van der Waals surface area contributed by atoms with Crippen LogP contribution in [0.5, 0.6) is 0 Å². The van der Waals surface area contributed by atoms with E-state index < -0.39 is 0 Å². The number of aromatic nitrogens is 1. The van der Waals surface area contributed by atoms with Gasteiger partial charge in [-0.2, -0.15) is 0 Å². The van der Waals surface area contributed by atoms with Gasteiger partial charge in [0.25, 0.3) is 6.85 Å². The number of rotatable bonds is 2. The second-order valence-corrected chi connectivity index (χ2v) is 2.39. The average Bonchev–Trinajstić information content (AvgIpc) is 2.37. The molecule has 0 N–H and O–H groups in total. The summed E-state index contributed by atoms with van der Waals surface area (Å²) in [6.07, 6.45) is 5.41. The third-order valence-electron chi connectivity index (χ3n) is 1.73. The van der Waals surface area contributed by atoms with E-state index in [1.165, 1.54) is 6.32 Å². The van der Waals surface area contributed by atoms with Gasteiger partial charge < -0.3 is 4.48 Å². The van der Waals surface area contributed by atoms with Crippen molar-refractivity contribution in [1.82, 2.24) is 4.48 Å². The summed E-state index contributed by atoms with van der Waals surface area (Å²) in [5.74, 6) is 0. The highest BCUT2D eigenvalue weighted by atomic mass is 14.8. The first-order valence-corrected chi connectivity index (χ1v) is 3.47. The second kappa shape index (κ2) is 2.76. The maximum absolute atomic E-state index is 2.22. The number of nitrogens with zero attached hydrogens (tertiary/aromatic N) is 1. The molecule has 0 aliphatic heterocycles. The smallest absolute Gasteiger partial charge is 0.255 e. The molecule has 0 saturated heterocycles. The van der Waals surface area contributed by atoms with Gasteiger partial charge in [0, 0.05) is 0 Å². The molecule has 9 heavy (non-hydrogen) atoms. The molecule has 0 radical (unpaired) electrons. The van der Waals surface area contributed by atoms with Gasteiger partial charge in [-0.05, 0) is 24.5 Å². The van der Waals surface area contributed by atoms with Crippen LogP contribution >= 0.6 is 0 Å². The zero-order chi connectivity index (χ0) is 6.69. The van der Waals surface area contributed by atoms with Gasteiger partial charge in [-0.25, -0.2) is 0 Å². The van der Waals surface area contributed by atoms with Gasteiger partial charge in [-0.15, -0.1) is 0 Å². The van der Waals surface area contributed by atoms with Crippen LogP contribution in [0.3, 0.4) is 0 Å². The summed E-state index contributed by atoms with van der Waals surface area (Å²) in [4.78, 5) is 0. The quantitative estimate of drug-likeness (QED) is 0.527. The van der Waals surface area contributed by atoms with Crippen LogP contribution in [0.25, 0.3) is 0 Å². The van der Waals surface area contributed by atoms with Crippen molar-refractivity contribution >= 4 is 6.85 Å². The lowest BCUT2D eigenvalue weighted by Gasteiger charge is -2.04. The Balaban J connectivity index is 2.65. The lowest BCUT2D eigenvalue weighted by atomic mass is 9.62. The molecule has 1 aromatic rings. The van der Waals surface area contributed by atoms with Crippen LogP contribution in [0.2, 0.25) is 13.1 Å². The minimum absolute atomic E-state index is 0.653. The van der Waals surface area contributed by atoms with Gasteiger partial charge in [0.1, 0.15) is 0 Å². The van der Waals surface area contributed by atoms with E-state index in [9.17, 15) is 0 Å². The van der Waals surface area contributed by atoms with Crippen molar-refractivity contribution in [2.75, 3.05) is 0 Å². The van der Waals surface area contributed by atoms with Crippen LogP contribution < -0.4 is 0 Å². The molecule has 1 heterocycles. The Bertz CT molecular complexity index is 157. The second-order valence-electron chi connectivity index (χ2n) is 2.39. The molecule has 0 bridgehead atoms. The van der Waals surface area contributed by atoms with Crippen LogP contribution in [0.15, 0.2) is 24.5 Å². The van der Waals surface area contributed by atoms with E-state index >= 15 is 0 Å². The molecule has 0 aliphatic rings. The summed E-state index contributed by atoms with van der Waals surface area (Å²) in [5, 5.41) is 0. The first kappa shape index (κ1) is 6.46. The van der Waals surface area contributed by atoms with Crippen molar-refractivity contribution in [3.8, 4) is 0 Å². The zero-order valence-electron chi connectivity index (χ0n) is 6.04. The van der Waals surface area contributed by atoms with Crippen LogP contribution in [0, 0.1) is 0 Å². The Hall–Kier alpha value is -0.655. The van der Waals surface area contributed by atoms with Crippen molar-refractivity contribution in [3.05, 3.63) is 24.5 Å². The number of hydrogen-bond donors (Lipinski definition) is 0. The van der Waals surface area contributed by atoms with Gasteiger partial charge >= 0.3 is 0 Å². The van der Waals surface area contributed by atoms with E-state index in [-0.39, 0.29) is 0 Å². The van der Waals surface area contributed by atoms with Gasteiger partial charge in [0.05, 0.1) is 0 Å². The van der Waals surface area contributed by atoms with Crippen molar-refractivity contribution in [3.63, 3.8) is 0 Å². The van der Waals surface area contributed by atoms with E-state index in [2.05, 4.69) is 42.8 Å². The maximum Gasteiger partial charge on any atom is 0.255 e. The molecular weight excluding hydrogens is 109 g/mol. The minimum Gasteiger partial charge on any atom is -0.398 e. The molecule has 1 aromatic heterocycles. The number of hydrogen-bond acceptors (Lipinski definition) is 0. The lowest BCUT2D eigenvalue weighted by molar-refractivity contribution is 1.16. The Morgan fingerprint density at radius 1 is 1.33 bits per heavy atom. The summed E-state index contributed by atoms with van der Waals surface area (Å²) >= 11 is 0. The molecule has 2 heteroatoms. The predicted octanol–water partition coefficient (Wildman–Crippen LogP) is 1.98. The molecule has 1 nitrogen and oxygen atoms in total. The fourth-order valence-corrected chi connectivity index (χ4v) is 0.853. The normalized spacial score (nSPS) is 9.56. The predicted molar refractivity (Wildman–Crippen MR) is 41.9 cm³/mol. The van der Waals surface area contributed by atoms with Crippen LogP contribution in [-0.4, -0.2) is 11.3 Å². The lowest BCUT2D eigenvalue weighted by Crippen LogP contribution is -2.15. The summed E-state index contributed by atoms with van der Waals surface area (Å²) in [7, 11) is 0. The molecule has 0 fully saturated rings. The van der Waals surface area contributed by atoms with E-state index in [4.69, 9.17) is 0 Å². The Kier molecular flexibility index (Phi) is 1.98. The average molecular weight is 121 g/mol. The molecule has 0 aliphatic carbocycles. The van der Waals surface area contributed by atoms with Gasteiger partial charge in [0.2, 0.25) is 0 Å². The van der Waals surface area contributed by atoms with Crippen LogP contribution in [-0.2, 0) is 0 Å². The summed E-state index contributed by atoms with van der Waals surface area (Å²) in [5.41, 5.74) is 0. The molecule has 48 valence electrons. The first-order valence-electron chi connectivity index (χ1n) is 3.47. The van der Waals surface area contributed by atoms with Crippen molar-refractivity contribution in [2.45, 2.75) is 20.1 Å². The minimum atomic E-state index is 0.653. The van der Waals surface area contributed by atoms with E-state index in [0.29, 0.717) is 6.85 Å². The topological polar surface area (TPSA) is 4.93 Å². The highest BCUT2D eigenvalue weighted by molar-refractivity contribution is 6.55. The fourth-order valence-electron chi connectivity index (χ4n) is 0.853. The molecule has 0 spiro atoms. The SMILES string of the molecule is CCB(C)n1cccc1. The summed E-state index contributed by atoms with van der Waals surface area (Å²) in [6.45, 7) is 5.07. The molecule has 0 amide bonds. The van der Waals surface area contributed by atoms with E-state index in [1.807, 2.05) is 0 Å². The largest absolute Gasteiger partial charge is 0.398 e. The maximum atomic E-state index is 2.22. The molecular formula is C7H12BN. The van der Waals surface area contributed by atoms with Crippen LogP contribution in [0.1, 0.15) is 6.92 Å². The summed E-state index contributed by atoms with van der Waals surface area (Å²) < 4.78 is 2.22. The monoisotopic (exact) mass is 121 g/mol. The van der Waals surface area contributed by atoms with Crippen LogP contribution in [0.4, 0.5) is 0 Å². The highest BCUT2D eigenvalue weighted by Crippen LogP contribution is 1.96. The molecule has 0 unspecified atom stereocenters. The van der Waals surface area contributed by atoms with E-state index in [1.54, 1.807) is 0 Å². The summed E-state index contributed by atoms with van der Waals surface area (Å²) in [6, 6.07) is 4.12. The van der Waals surface area contributed by atoms with Crippen molar-refractivity contribution in [1.29, 1.82) is 0 Å². The van der Waals surface area contributed by atoms with Gasteiger partial charge in [0.15, 0.2) is 0 Å². The molecule has 0 saturated carbocycles. The molecule has 0 aromatic carbocycles. The van der Waals surface area contributed by atoms with Gasteiger partial charge in [-0.1, -0.05) is 20.1 Å². The molecule has 0 atom stereocenters. The van der Waals surface area contributed by atoms with Crippen molar-refractivity contribution < 1.29 is 0 Å².